The number of pyridine rings is 1. The van der Waals surface area contributed by atoms with Crippen LogP contribution >= 0.6 is 0 Å². The molecule has 3 heterocycles. The Hall–Kier alpha value is -2.45. The SMILES string of the molecule is CC1(C)Cc2cc3n(c2C1)CCN(c1nccc(B(O)O)c1C=O)C3=O. The first-order valence-corrected chi connectivity index (χ1v) is 8.66. The third-order valence-corrected chi connectivity index (χ3v) is 5.28. The lowest BCUT2D eigenvalue weighted by molar-refractivity contribution is 0.0963. The van der Waals surface area contributed by atoms with Crippen molar-refractivity contribution in [1.29, 1.82) is 0 Å². The highest BCUT2D eigenvalue weighted by molar-refractivity contribution is 6.60. The number of hydrogen-bond acceptors (Lipinski definition) is 5. The maximum absolute atomic E-state index is 13.1. The Bertz CT molecular complexity index is 919. The molecule has 1 amide bonds. The summed E-state index contributed by atoms with van der Waals surface area (Å²) < 4.78 is 2.08. The van der Waals surface area contributed by atoms with Crippen molar-refractivity contribution in [1.82, 2.24) is 9.55 Å². The molecule has 2 N–H and O–H groups in total. The third kappa shape index (κ3) is 2.48. The van der Waals surface area contributed by atoms with Crippen LogP contribution in [-0.4, -0.2) is 45.5 Å². The van der Waals surface area contributed by atoms with E-state index in [1.54, 1.807) is 0 Å². The lowest BCUT2D eigenvalue weighted by Gasteiger charge is -2.30. The second kappa shape index (κ2) is 5.79. The average Bonchev–Trinajstić information content (AvgIpc) is 3.07. The minimum Gasteiger partial charge on any atom is -0.423 e. The summed E-state index contributed by atoms with van der Waals surface area (Å²) in [6.45, 7) is 5.45. The van der Waals surface area contributed by atoms with E-state index in [0.29, 0.717) is 25.1 Å². The zero-order valence-electron chi connectivity index (χ0n) is 14.8. The number of carbonyl (C=O) groups excluding carboxylic acids is 2. The molecule has 2 aromatic rings. The van der Waals surface area contributed by atoms with Crippen molar-refractivity contribution in [2.75, 3.05) is 11.4 Å². The van der Waals surface area contributed by atoms with Crippen LogP contribution in [0.15, 0.2) is 18.3 Å². The highest BCUT2D eigenvalue weighted by Gasteiger charge is 2.37. The van der Waals surface area contributed by atoms with Crippen LogP contribution in [0.2, 0.25) is 0 Å². The van der Waals surface area contributed by atoms with Gasteiger partial charge in [0.05, 0.1) is 5.56 Å². The van der Waals surface area contributed by atoms with Crippen LogP contribution in [0, 0.1) is 5.41 Å². The van der Waals surface area contributed by atoms with Crippen molar-refractivity contribution in [3.8, 4) is 0 Å². The lowest BCUT2D eigenvalue weighted by Crippen LogP contribution is -2.43. The largest absolute Gasteiger partial charge is 0.489 e. The van der Waals surface area contributed by atoms with E-state index in [-0.39, 0.29) is 28.2 Å². The minimum atomic E-state index is -1.80. The zero-order valence-corrected chi connectivity index (χ0v) is 14.8. The molecule has 0 unspecified atom stereocenters. The molecular formula is C18H20BN3O4. The second-order valence-electron chi connectivity index (χ2n) is 7.76. The number of nitrogens with zero attached hydrogens (tertiary/aromatic N) is 3. The predicted molar refractivity (Wildman–Crippen MR) is 96.7 cm³/mol. The molecule has 26 heavy (non-hydrogen) atoms. The molecule has 0 saturated heterocycles. The molecule has 0 radical (unpaired) electrons. The second-order valence-corrected chi connectivity index (χ2v) is 7.76. The number of anilines is 1. The zero-order chi connectivity index (χ0) is 18.6. The fourth-order valence-corrected chi connectivity index (χ4v) is 4.15. The summed E-state index contributed by atoms with van der Waals surface area (Å²) in [5, 5.41) is 18.9. The monoisotopic (exact) mass is 353 g/mol. The molecule has 0 aromatic carbocycles. The Morgan fingerprint density at radius 2 is 2.04 bits per heavy atom. The normalized spacial score (nSPS) is 17.8. The molecule has 7 nitrogen and oxygen atoms in total. The van der Waals surface area contributed by atoms with Crippen molar-refractivity contribution < 1.29 is 19.6 Å². The summed E-state index contributed by atoms with van der Waals surface area (Å²) in [5.74, 6) is -0.0489. The summed E-state index contributed by atoms with van der Waals surface area (Å²) in [4.78, 5) is 30.2. The van der Waals surface area contributed by atoms with Gasteiger partial charge in [-0.15, -0.1) is 0 Å². The van der Waals surface area contributed by atoms with Crippen LogP contribution in [0.5, 0.6) is 0 Å². The topological polar surface area (TPSA) is 95.7 Å². The predicted octanol–water partition coefficient (Wildman–Crippen LogP) is 0.161. The Labute approximate surface area is 151 Å². The molecule has 1 aliphatic heterocycles. The lowest BCUT2D eigenvalue weighted by atomic mass is 9.77. The quantitative estimate of drug-likeness (QED) is 0.606. The van der Waals surface area contributed by atoms with E-state index in [1.165, 1.54) is 28.4 Å². The van der Waals surface area contributed by atoms with Gasteiger partial charge in [-0.1, -0.05) is 13.8 Å². The van der Waals surface area contributed by atoms with Gasteiger partial charge >= 0.3 is 7.12 Å². The summed E-state index contributed by atoms with van der Waals surface area (Å²) in [5.41, 5.74) is 3.33. The summed E-state index contributed by atoms with van der Waals surface area (Å²) in [6.07, 6.45) is 3.78. The standard InChI is InChI=1S/C18H20BN3O4/c1-18(2)8-11-7-14-17(24)22(6-5-21(14)15(11)9-18)16-12(10-23)13(19(25)26)3-4-20-16/h3-4,7,10,25-26H,5-6,8-9H2,1-2H3. The number of aldehydes is 1. The van der Waals surface area contributed by atoms with Crippen molar-refractivity contribution >= 4 is 30.6 Å². The number of rotatable bonds is 3. The van der Waals surface area contributed by atoms with Gasteiger partial charge in [0.15, 0.2) is 6.29 Å². The third-order valence-electron chi connectivity index (χ3n) is 5.28. The van der Waals surface area contributed by atoms with E-state index >= 15 is 0 Å². The molecule has 0 atom stereocenters. The molecule has 0 fully saturated rings. The van der Waals surface area contributed by atoms with E-state index in [4.69, 9.17) is 0 Å². The fourth-order valence-electron chi connectivity index (χ4n) is 4.15. The molecular weight excluding hydrogens is 333 g/mol. The highest BCUT2D eigenvalue weighted by Crippen LogP contribution is 2.39. The Morgan fingerprint density at radius 1 is 1.27 bits per heavy atom. The Morgan fingerprint density at radius 3 is 2.73 bits per heavy atom. The summed E-state index contributed by atoms with van der Waals surface area (Å²) in [6, 6.07) is 3.32. The summed E-state index contributed by atoms with van der Waals surface area (Å²) in [7, 11) is -1.80. The first-order valence-electron chi connectivity index (χ1n) is 8.66. The molecule has 0 saturated carbocycles. The van der Waals surface area contributed by atoms with Gasteiger partial charge in [0.1, 0.15) is 11.5 Å². The van der Waals surface area contributed by atoms with Crippen LogP contribution < -0.4 is 10.4 Å². The first-order chi connectivity index (χ1) is 12.3. The number of hydrogen-bond donors (Lipinski definition) is 2. The highest BCUT2D eigenvalue weighted by atomic mass is 16.4. The van der Waals surface area contributed by atoms with Crippen molar-refractivity contribution in [2.24, 2.45) is 5.41 Å². The molecule has 134 valence electrons. The van der Waals surface area contributed by atoms with Crippen molar-refractivity contribution in [3.05, 3.63) is 40.8 Å². The van der Waals surface area contributed by atoms with Gasteiger partial charge in [0.2, 0.25) is 0 Å². The summed E-state index contributed by atoms with van der Waals surface area (Å²) >= 11 is 0. The Balaban J connectivity index is 1.74. The van der Waals surface area contributed by atoms with Crippen LogP contribution in [0.1, 0.15) is 46.0 Å². The van der Waals surface area contributed by atoms with E-state index in [2.05, 4.69) is 23.4 Å². The smallest absolute Gasteiger partial charge is 0.423 e. The molecule has 0 spiro atoms. The van der Waals surface area contributed by atoms with Gasteiger partial charge < -0.3 is 14.6 Å². The van der Waals surface area contributed by atoms with Crippen molar-refractivity contribution in [2.45, 2.75) is 33.2 Å². The average molecular weight is 353 g/mol. The van der Waals surface area contributed by atoms with Crippen LogP contribution in [-0.2, 0) is 19.4 Å². The molecule has 2 aromatic heterocycles. The molecule has 0 bridgehead atoms. The number of amides is 1. The number of aromatic nitrogens is 2. The number of carbonyl (C=O) groups is 2. The van der Waals surface area contributed by atoms with E-state index < -0.39 is 7.12 Å². The van der Waals surface area contributed by atoms with Gasteiger partial charge in [0.25, 0.3) is 5.91 Å². The molecule has 8 heteroatoms. The maximum atomic E-state index is 13.1. The van der Waals surface area contributed by atoms with E-state index in [0.717, 1.165) is 12.8 Å². The molecule has 2 aliphatic rings. The maximum Gasteiger partial charge on any atom is 0.489 e. The molecule has 1 aliphatic carbocycles. The van der Waals surface area contributed by atoms with Gasteiger partial charge in [-0.25, -0.2) is 4.98 Å². The van der Waals surface area contributed by atoms with Gasteiger partial charge in [-0.05, 0) is 41.4 Å². The minimum absolute atomic E-state index is 0.0320. The van der Waals surface area contributed by atoms with Crippen LogP contribution in [0.25, 0.3) is 0 Å². The fraction of sp³-hybridized carbons (Fsp3) is 0.389. The van der Waals surface area contributed by atoms with E-state index in [9.17, 15) is 19.6 Å². The molecule has 4 rings (SSSR count). The van der Waals surface area contributed by atoms with Gasteiger partial charge in [-0.3, -0.25) is 14.5 Å². The van der Waals surface area contributed by atoms with Crippen LogP contribution in [0.3, 0.4) is 0 Å². The Kier molecular flexibility index (Phi) is 3.78. The van der Waals surface area contributed by atoms with E-state index in [1.807, 2.05) is 6.07 Å². The van der Waals surface area contributed by atoms with Gasteiger partial charge in [0, 0.05) is 25.0 Å². The first kappa shape index (κ1) is 17.0. The van der Waals surface area contributed by atoms with Crippen LogP contribution in [0.4, 0.5) is 5.82 Å². The van der Waals surface area contributed by atoms with Gasteiger partial charge in [-0.2, -0.15) is 0 Å². The van der Waals surface area contributed by atoms with Crippen molar-refractivity contribution in [3.63, 3.8) is 0 Å². The number of fused-ring (bicyclic) bond motifs is 3.